The Morgan fingerprint density at radius 3 is 2.64 bits per heavy atom. The van der Waals surface area contributed by atoms with Gasteiger partial charge in [0.25, 0.3) is 0 Å². The Bertz CT molecular complexity index is 311. The molecule has 0 aliphatic heterocycles. The lowest BCUT2D eigenvalue weighted by Crippen LogP contribution is -1.96. The Morgan fingerprint density at radius 2 is 2.00 bits per heavy atom. The van der Waals surface area contributed by atoms with Crippen molar-refractivity contribution in [2.24, 2.45) is 0 Å². The van der Waals surface area contributed by atoms with Gasteiger partial charge in [0.15, 0.2) is 0 Å². The molecule has 0 unspecified atom stereocenters. The van der Waals surface area contributed by atoms with E-state index in [1.54, 1.807) is 7.11 Å². The van der Waals surface area contributed by atoms with Gasteiger partial charge in [-0.1, -0.05) is 18.9 Å². The molecule has 0 saturated heterocycles. The van der Waals surface area contributed by atoms with E-state index in [-0.39, 0.29) is 0 Å². The molecular formula is C13H17O. The molecule has 1 radical (unpaired) electrons. The highest BCUT2D eigenvalue weighted by atomic mass is 16.5. The minimum Gasteiger partial charge on any atom is -0.497 e. The van der Waals surface area contributed by atoms with Gasteiger partial charge in [0.05, 0.1) is 7.11 Å². The number of methoxy groups -OCH3 is 1. The fraction of sp³-hybridized carbons (Fsp3) is 0.462. The zero-order chi connectivity index (χ0) is 9.97. The molecule has 0 bridgehead atoms. The minimum atomic E-state index is 0.720. The molecule has 0 N–H and O–H groups in total. The monoisotopic (exact) mass is 189 g/mol. The molecule has 1 aliphatic carbocycles. The number of ether oxygens (including phenoxy) is 1. The summed E-state index contributed by atoms with van der Waals surface area (Å²) in [6.07, 6.45) is 5.36. The van der Waals surface area contributed by atoms with Crippen LogP contribution in [-0.2, 0) is 0 Å². The zero-order valence-electron chi connectivity index (χ0n) is 8.75. The second kappa shape index (κ2) is 4.04. The Balaban J connectivity index is 2.29. The first-order chi connectivity index (χ1) is 6.81. The Morgan fingerprint density at radius 1 is 1.29 bits per heavy atom. The van der Waals surface area contributed by atoms with Crippen molar-refractivity contribution in [1.29, 1.82) is 0 Å². The molecule has 1 aromatic carbocycles. The van der Waals surface area contributed by atoms with Crippen LogP contribution in [0.15, 0.2) is 18.2 Å². The molecule has 1 aromatic rings. The maximum absolute atomic E-state index is 5.24. The minimum absolute atomic E-state index is 0.720. The number of hydrogen-bond acceptors (Lipinski definition) is 1. The molecule has 1 fully saturated rings. The normalized spacial score (nSPS) is 17.3. The van der Waals surface area contributed by atoms with Crippen molar-refractivity contribution in [2.75, 3.05) is 7.11 Å². The predicted octanol–water partition coefficient (Wildman–Crippen LogP) is 3.53. The fourth-order valence-electron chi connectivity index (χ4n) is 2.32. The molecule has 1 aliphatic rings. The molecule has 0 atom stereocenters. The van der Waals surface area contributed by atoms with E-state index in [4.69, 9.17) is 4.74 Å². The van der Waals surface area contributed by atoms with Crippen LogP contribution >= 0.6 is 0 Å². The topological polar surface area (TPSA) is 9.23 Å². The van der Waals surface area contributed by atoms with E-state index >= 15 is 0 Å². The van der Waals surface area contributed by atoms with E-state index in [9.17, 15) is 0 Å². The van der Waals surface area contributed by atoms with Gasteiger partial charge in [-0.15, -0.1) is 0 Å². The van der Waals surface area contributed by atoms with Crippen LogP contribution in [0, 0.1) is 6.92 Å². The van der Waals surface area contributed by atoms with Crippen molar-refractivity contribution in [3.63, 3.8) is 0 Å². The number of hydrogen-bond donors (Lipinski definition) is 0. The van der Waals surface area contributed by atoms with Crippen LogP contribution in [0.2, 0.25) is 0 Å². The summed E-state index contributed by atoms with van der Waals surface area (Å²) in [7, 11) is 1.72. The molecule has 0 heterocycles. The van der Waals surface area contributed by atoms with E-state index in [0.29, 0.717) is 0 Å². The molecule has 0 aromatic heterocycles. The summed E-state index contributed by atoms with van der Waals surface area (Å²) in [4.78, 5) is 0. The van der Waals surface area contributed by atoms with E-state index < -0.39 is 0 Å². The second-order valence-electron chi connectivity index (χ2n) is 4.05. The van der Waals surface area contributed by atoms with Crippen molar-refractivity contribution in [3.05, 3.63) is 36.2 Å². The van der Waals surface area contributed by atoms with Crippen molar-refractivity contribution in [2.45, 2.75) is 31.6 Å². The predicted molar refractivity (Wildman–Crippen MR) is 58.7 cm³/mol. The lowest BCUT2D eigenvalue weighted by molar-refractivity contribution is 0.413. The summed E-state index contributed by atoms with van der Waals surface area (Å²) in [5.74, 6) is 1.68. The first-order valence-electron chi connectivity index (χ1n) is 5.31. The van der Waals surface area contributed by atoms with Gasteiger partial charge in [-0.05, 0) is 48.9 Å². The third-order valence-electron chi connectivity index (χ3n) is 3.15. The van der Waals surface area contributed by atoms with Gasteiger partial charge in [-0.25, -0.2) is 0 Å². The molecule has 1 saturated carbocycles. The van der Waals surface area contributed by atoms with E-state index in [1.165, 1.54) is 31.2 Å². The van der Waals surface area contributed by atoms with E-state index in [1.807, 2.05) is 6.07 Å². The van der Waals surface area contributed by atoms with Gasteiger partial charge in [0.1, 0.15) is 5.75 Å². The third kappa shape index (κ3) is 1.77. The van der Waals surface area contributed by atoms with Gasteiger partial charge in [-0.2, -0.15) is 0 Å². The summed E-state index contributed by atoms with van der Waals surface area (Å²) in [6.45, 7) is 4.08. The molecular weight excluding hydrogens is 172 g/mol. The van der Waals surface area contributed by atoms with Crippen LogP contribution < -0.4 is 4.74 Å². The lowest BCUT2D eigenvalue weighted by Gasteiger charge is -2.14. The average Bonchev–Trinajstić information content (AvgIpc) is 2.71. The summed E-state index contributed by atoms with van der Waals surface area (Å²) >= 11 is 0. The fourth-order valence-corrected chi connectivity index (χ4v) is 2.32. The van der Waals surface area contributed by atoms with Crippen molar-refractivity contribution < 1.29 is 4.74 Å². The number of benzene rings is 1. The van der Waals surface area contributed by atoms with Crippen molar-refractivity contribution in [1.82, 2.24) is 0 Å². The van der Waals surface area contributed by atoms with Crippen LogP contribution in [0.4, 0.5) is 0 Å². The maximum Gasteiger partial charge on any atom is 0.119 e. The molecule has 0 amide bonds. The summed E-state index contributed by atoms with van der Waals surface area (Å²) in [5, 5.41) is 0. The molecule has 75 valence electrons. The highest BCUT2D eigenvalue weighted by molar-refractivity contribution is 5.39. The van der Waals surface area contributed by atoms with Crippen LogP contribution in [0.25, 0.3) is 0 Å². The van der Waals surface area contributed by atoms with Crippen molar-refractivity contribution in [3.8, 4) is 5.75 Å². The second-order valence-corrected chi connectivity index (χ2v) is 4.05. The molecule has 1 nitrogen and oxygen atoms in total. The molecule has 1 heteroatoms. The molecule has 14 heavy (non-hydrogen) atoms. The molecule has 0 spiro atoms. The highest BCUT2D eigenvalue weighted by Gasteiger charge is 2.18. The Kier molecular flexibility index (Phi) is 2.76. The van der Waals surface area contributed by atoms with Crippen LogP contribution in [-0.4, -0.2) is 7.11 Å². The van der Waals surface area contributed by atoms with E-state index in [0.717, 1.165) is 17.2 Å². The molecule has 2 rings (SSSR count). The quantitative estimate of drug-likeness (QED) is 0.691. The van der Waals surface area contributed by atoms with Gasteiger partial charge >= 0.3 is 0 Å². The van der Waals surface area contributed by atoms with Gasteiger partial charge in [0, 0.05) is 0 Å². The highest BCUT2D eigenvalue weighted by Crippen LogP contribution is 2.36. The SMILES string of the molecule is [CH2]c1ccc(OC)cc1C1CCCC1. The summed E-state index contributed by atoms with van der Waals surface area (Å²) in [5.41, 5.74) is 2.56. The third-order valence-corrected chi connectivity index (χ3v) is 3.15. The zero-order valence-corrected chi connectivity index (χ0v) is 8.75. The number of rotatable bonds is 2. The first kappa shape index (κ1) is 9.57. The Labute approximate surface area is 86.1 Å². The first-order valence-corrected chi connectivity index (χ1v) is 5.31. The smallest absolute Gasteiger partial charge is 0.119 e. The van der Waals surface area contributed by atoms with E-state index in [2.05, 4.69) is 19.1 Å². The largest absolute Gasteiger partial charge is 0.497 e. The van der Waals surface area contributed by atoms with Crippen molar-refractivity contribution >= 4 is 0 Å². The lowest BCUT2D eigenvalue weighted by atomic mass is 9.93. The van der Waals surface area contributed by atoms with Gasteiger partial charge in [0.2, 0.25) is 0 Å². The van der Waals surface area contributed by atoms with Crippen LogP contribution in [0.5, 0.6) is 5.75 Å². The van der Waals surface area contributed by atoms with Crippen LogP contribution in [0.3, 0.4) is 0 Å². The standard InChI is InChI=1S/C13H17O/c1-10-7-8-12(14-2)9-13(10)11-5-3-4-6-11/h7-9,11H,1,3-6H2,2H3. The maximum atomic E-state index is 5.24. The van der Waals surface area contributed by atoms with Gasteiger partial charge < -0.3 is 4.74 Å². The Hall–Kier alpha value is -0.980. The summed E-state index contributed by atoms with van der Waals surface area (Å²) in [6, 6.07) is 6.20. The van der Waals surface area contributed by atoms with Crippen LogP contribution in [0.1, 0.15) is 42.7 Å². The average molecular weight is 189 g/mol. The summed E-state index contributed by atoms with van der Waals surface area (Å²) < 4.78 is 5.24. The van der Waals surface area contributed by atoms with Gasteiger partial charge in [-0.3, -0.25) is 0 Å².